The van der Waals surface area contributed by atoms with E-state index in [9.17, 15) is 0 Å². The molecular formula is C14H16N4O. The fraction of sp³-hybridized carbons (Fsp3) is 0.143. The summed E-state index contributed by atoms with van der Waals surface area (Å²) < 4.78 is 0. The molecule has 5 heteroatoms. The molecular weight excluding hydrogens is 240 g/mol. The van der Waals surface area contributed by atoms with Crippen molar-refractivity contribution in [3.05, 3.63) is 65.5 Å². The van der Waals surface area contributed by atoms with Crippen molar-refractivity contribution in [1.82, 2.24) is 10.3 Å². The van der Waals surface area contributed by atoms with Gasteiger partial charge in [-0.2, -0.15) is 0 Å². The van der Waals surface area contributed by atoms with Gasteiger partial charge in [0.1, 0.15) is 0 Å². The fourth-order valence-electron chi connectivity index (χ4n) is 1.70. The van der Waals surface area contributed by atoms with E-state index in [0.717, 1.165) is 24.2 Å². The second kappa shape index (κ2) is 6.51. The molecule has 1 aromatic heterocycles. The van der Waals surface area contributed by atoms with Crippen LogP contribution in [0.15, 0.2) is 53.9 Å². The van der Waals surface area contributed by atoms with Gasteiger partial charge in [-0.15, -0.1) is 0 Å². The van der Waals surface area contributed by atoms with Crippen LogP contribution in [0.1, 0.15) is 16.7 Å². The number of amidine groups is 1. The van der Waals surface area contributed by atoms with Gasteiger partial charge in [-0.25, -0.2) is 0 Å². The van der Waals surface area contributed by atoms with Gasteiger partial charge in [-0.3, -0.25) is 4.98 Å². The third kappa shape index (κ3) is 3.79. The highest BCUT2D eigenvalue weighted by Crippen LogP contribution is 2.04. The molecule has 0 spiro atoms. The molecule has 5 nitrogen and oxygen atoms in total. The number of nitrogens with two attached hydrogens (primary N) is 1. The molecule has 0 atom stereocenters. The number of benzene rings is 1. The summed E-state index contributed by atoms with van der Waals surface area (Å²) in [4.78, 5) is 4.06. The molecule has 98 valence electrons. The molecule has 0 saturated carbocycles. The minimum atomic E-state index is 0.120. The zero-order valence-electron chi connectivity index (χ0n) is 10.5. The first-order chi connectivity index (χ1) is 9.29. The molecule has 0 radical (unpaired) electrons. The lowest BCUT2D eigenvalue weighted by Gasteiger charge is -2.05. The second-order valence-corrected chi connectivity index (χ2v) is 4.15. The topological polar surface area (TPSA) is 83.5 Å². The van der Waals surface area contributed by atoms with Crippen LogP contribution < -0.4 is 11.1 Å². The smallest absolute Gasteiger partial charge is 0.170 e. The Bertz CT molecular complexity index is 537. The van der Waals surface area contributed by atoms with Crippen LogP contribution in [0, 0.1) is 0 Å². The van der Waals surface area contributed by atoms with Gasteiger partial charge in [0.05, 0.1) is 0 Å². The fourth-order valence-corrected chi connectivity index (χ4v) is 1.70. The van der Waals surface area contributed by atoms with E-state index in [4.69, 9.17) is 10.9 Å². The van der Waals surface area contributed by atoms with Gasteiger partial charge in [0, 0.05) is 31.0 Å². The molecule has 0 aliphatic carbocycles. The quantitative estimate of drug-likeness (QED) is 0.327. The zero-order valence-corrected chi connectivity index (χ0v) is 10.5. The summed E-state index contributed by atoms with van der Waals surface area (Å²) in [5.41, 5.74) is 8.49. The molecule has 1 aromatic carbocycles. The van der Waals surface area contributed by atoms with E-state index in [0.29, 0.717) is 5.56 Å². The highest BCUT2D eigenvalue weighted by molar-refractivity contribution is 5.96. The third-order valence-electron chi connectivity index (χ3n) is 2.74. The van der Waals surface area contributed by atoms with Crippen molar-refractivity contribution >= 4 is 5.84 Å². The molecule has 2 aromatic rings. The Kier molecular flexibility index (Phi) is 4.47. The van der Waals surface area contributed by atoms with Crippen molar-refractivity contribution < 1.29 is 5.21 Å². The molecule has 0 saturated heterocycles. The first-order valence-electron chi connectivity index (χ1n) is 5.96. The standard InChI is InChI=1S/C14H16N4O/c15-14(18-19)13-5-3-11(4-6-13)8-17-10-12-2-1-7-16-9-12/h1-7,9,17,19H,8,10H2,(H2,15,18). The van der Waals surface area contributed by atoms with E-state index in [-0.39, 0.29) is 5.84 Å². The van der Waals surface area contributed by atoms with Gasteiger partial charge < -0.3 is 16.3 Å². The van der Waals surface area contributed by atoms with Crippen LogP contribution in [0.4, 0.5) is 0 Å². The Balaban J connectivity index is 1.87. The third-order valence-corrected chi connectivity index (χ3v) is 2.74. The van der Waals surface area contributed by atoms with Crippen molar-refractivity contribution in [3.8, 4) is 0 Å². The number of aromatic nitrogens is 1. The van der Waals surface area contributed by atoms with Crippen molar-refractivity contribution in [2.24, 2.45) is 10.9 Å². The molecule has 1 heterocycles. The molecule has 2 rings (SSSR count). The Morgan fingerprint density at radius 2 is 1.89 bits per heavy atom. The monoisotopic (exact) mass is 256 g/mol. The molecule has 0 amide bonds. The van der Waals surface area contributed by atoms with Gasteiger partial charge in [-0.05, 0) is 17.2 Å². The molecule has 0 bridgehead atoms. The van der Waals surface area contributed by atoms with Gasteiger partial charge >= 0.3 is 0 Å². The number of rotatable bonds is 5. The number of nitrogens with zero attached hydrogens (tertiary/aromatic N) is 2. The first kappa shape index (κ1) is 13.0. The van der Waals surface area contributed by atoms with Gasteiger partial charge in [0.2, 0.25) is 0 Å². The van der Waals surface area contributed by atoms with Crippen LogP contribution in [0.25, 0.3) is 0 Å². The molecule has 0 unspecified atom stereocenters. The van der Waals surface area contributed by atoms with Crippen LogP contribution in [0.3, 0.4) is 0 Å². The highest BCUT2D eigenvalue weighted by Gasteiger charge is 1.99. The summed E-state index contributed by atoms with van der Waals surface area (Å²) >= 11 is 0. The largest absolute Gasteiger partial charge is 0.409 e. The molecule has 4 N–H and O–H groups in total. The van der Waals surface area contributed by atoms with Crippen molar-refractivity contribution in [3.63, 3.8) is 0 Å². The average molecular weight is 256 g/mol. The summed E-state index contributed by atoms with van der Waals surface area (Å²) in [6, 6.07) is 11.5. The van der Waals surface area contributed by atoms with E-state index < -0.39 is 0 Å². The predicted octanol–water partition coefficient (Wildman–Crippen LogP) is 1.47. The normalized spacial score (nSPS) is 11.5. The Hall–Kier alpha value is -2.40. The van der Waals surface area contributed by atoms with Gasteiger partial charge in [-0.1, -0.05) is 35.5 Å². The van der Waals surface area contributed by atoms with E-state index in [2.05, 4.69) is 15.5 Å². The van der Waals surface area contributed by atoms with Crippen LogP contribution in [-0.2, 0) is 13.1 Å². The van der Waals surface area contributed by atoms with E-state index in [1.807, 2.05) is 42.6 Å². The van der Waals surface area contributed by atoms with Crippen LogP contribution >= 0.6 is 0 Å². The second-order valence-electron chi connectivity index (χ2n) is 4.15. The lowest BCUT2D eigenvalue weighted by atomic mass is 10.1. The Labute approximate surface area is 111 Å². The number of oxime groups is 1. The SMILES string of the molecule is NC(=NO)c1ccc(CNCc2cccnc2)cc1. The lowest BCUT2D eigenvalue weighted by Crippen LogP contribution is -2.14. The maximum atomic E-state index is 8.57. The van der Waals surface area contributed by atoms with Crippen molar-refractivity contribution in [1.29, 1.82) is 0 Å². The molecule has 0 aliphatic heterocycles. The Morgan fingerprint density at radius 1 is 1.16 bits per heavy atom. The van der Waals surface area contributed by atoms with Crippen molar-refractivity contribution in [2.75, 3.05) is 0 Å². The summed E-state index contributed by atoms with van der Waals surface area (Å²) in [6.45, 7) is 1.53. The van der Waals surface area contributed by atoms with Crippen LogP contribution in [-0.4, -0.2) is 16.0 Å². The van der Waals surface area contributed by atoms with Gasteiger partial charge in [0.25, 0.3) is 0 Å². The number of hydrogen-bond donors (Lipinski definition) is 3. The lowest BCUT2D eigenvalue weighted by molar-refractivity contribution is 0.318. The zero-order chi connectivity index (χ0) is 13.5. The molecule has 0 aliphatic rings. The van der Waals surface area contributed by atoms with E-state index in [1.165, 1.54) is 0 Å². The van der Waals surface area contributed by atoms with Crippen LogP contribution in [0.2, 0.25) is 0 Å². The predicted molar refractivity (Wildman–Crippen MR) is 73.7 cm³/mol. The molecule has 19 heavy (non-hydrogen) atoms. The summed E-state index contributed by atoms with van der Waals surface area (Å²) in [6.07, 6.45) is 3.60. The number of hydrogen-bond acceptors (Lipinski definition) is 4. The van der Waals surface area contributed by atoms with Gasteiger partial charge in [0.15, 0.2) is 5.84 Å². The minimum Gasteiger partial charge on any atom is -0.409 e. The maximum Gasteiger partial charge on any atom is 0.170 e. The highest BCUT2D eigenvalue weighted by atomic mass is 16.4. The van der Waals surface area contributed by atoms with Crippen molar-refractivity contribution in [2.45, 2.75) is 13.1 Å². The van der Waals surface area contributed by atoms with E-state index >= 15 is 0 Å². The Morgan fingerprint density at radius 3 is 2.53 bits per heavy atom. The first-order valence-corrected chi connectivity index (χ1v) is 5.96. The summed E-state index contributed by atoms with van der Waals surface area (Å²) in [5, 5.41) is 14.9. The van der Waals surface area contributed by atoms with E-state index in [1.54, 1.807) is 6.20 Å². The molecule has 0 fully saturated rings. The maximum absolute atomic E-state index is 8.57. The average Bonchev–Trinajstić information content (AvgIpc) is 2.48. The summed E-state index contributed by atoms with van der Waals surface area (Å²) in [7, 11) is 0. The number of pyridine rings is 1. The van der Waals surface area contributed by atoms with Crippen LogP contribution in [0.5, 0.6) is 0 Å². The number of nitrogens with one attached hydrogen (secondary N) is 1. The minimum absolute atomic E-state index is 0.120. The summed E-state index contributed by atoms with van der Waals surface area (Å²) in [5.74, 6) is 0.120.